The fraction of sp³-hybridized carbons (Fsp3) is 0.125. The van der Waals surface area contributed by atoms with Crippen LogP contribution in [0.1, 0.15) is 2.85 Å². The number of benzene rings is 1. The number of hydrogen-bond acceptors (Lipinski definition) is 2. The van der Waals surface area contributed by atoms with Gasteiger partial charge in [-0.05, 0) is 12.1 Å². The molecule has 1 rings (SSSR count). The van der Waals surface area contributed by atoms with E-state index in [1.54, 1.807) is 24.3 Å². The molecule has 0 aromatic heterocycles. The van der Waals surface area contributed by atoms with E-state index >= 15 is 0 Å². The molecule has 0 aliphatic heterocycles. The van der Waals surface area contributed by atoms with Crippen molar-refractivity contribution in [2.24, 2.45) is 0 Å². The molecule has 1 aromatic rings. The topological polar surface area (TPSA) is 46.5 Å². The molecule has 0 saturated carbocycles. The summed E-state index contributed by atoms with van der Waals surface area (Å²) in [6, 6.07) is 8.84. The summed E-state index contributed by atoms with van der Waals surface area (Å²) in [5, 5.41) is 8.25. The van der Waals surface area contributed by atoms with Gasteiger partial charge in [0.05, 0.1) is 0 Å². The van der Waals surface area contributed by atoms with Crippen molar-refractivity contribution in [3.63, 3.8) is 0 Å². The molecule has 0 atom stereocenters. The van der Waals surface area contributed by atoms with Gasteiger partial charge in [0.25, 0.3) is 0 Å². The van der Waals surface area contributed by atoms with E-state index < -0.39 is 5.97 Å². The third kappa shape index (κ3) is 4.20. The Bertz CT molecular complexity index is 244. The standard InChI is InChI=1S/C8H8O3.Mg.2H/c9-8(10)6-11-7-4-2-1-3-5-7;;;/h1-5H,6H2,(H,9,10);;;/q;+2;2*-1. The van der Waals surface area contributed by atoms with Gasteiger partial charge in [-0.2, -0.15) is 0 Å². The predicted octanol–water partition coefficient (Wildman–Crippen LogP) is 0.994. The van der Waals surface area contributed by atoms with Crippen LogP contribution in [0.25, 0.3) is 0 Å². The minimum absolute atomic E-state index is 0. The molecule has 0 heterocycles. The van der Waals surface area contributed by atoms with Crippen LogP contribution in [0.5, 0.6) is 5.75 Å². The summed E-state index contributed by atoms with van der Waals surface area (Å²) in [6.45, 7) is -0.288. The maximum atomic E-state index is 10.0. The summed E-state index contributed by atoms with van der Waals surface area (Å²) in [5.41, 5.74) is 0. The molecule has 62 valence electrons. The van der Waals surface area contributed by atoms with Crippen LogP contribution < -0.4 is 4.74 Å². The Morgan fingerprint density at radius 3 is 2.50 bits per heavy atom. The molecule has 0 spiro atoms. The minimum atomic E-state index is -0.964. The van der Waals surface area contributed by atoms with Crippen LogP contribution in [0.15, 0.2) is 30.3 Å². The van der Waals surface area contributed by atoms with Gasteiger partial charge in [0.2, 0.25) is 0 Å². The van der Waals surface area contributed by atoms with E-state index in [-0.39, 0.29) is 32.5 Å². The number of carboxylic acid groups (broad SMARTS) is 1. The van der Waals surface area contributed by atoms with Crippen molar-refractivity contribution >= 4 is 29.0 Å². The van der Waals surface area contributed by atoms with Crippen LogP contribution in [-0.2, 0) is 4.79 Å². The summed E-state index contributed by atoms with van der Waals surface area (Å²) >= 11 is 0. The first kappa shape index (κ1) is 11.3. The second-order valence-corrected chi connectivity index (χ2v) is 2.00. The first-order valence-electron chi connectivity index (χ1n) is 3.18. The predicted molar refractivity (Wildman–Crippen MR) is 47.6 cm³/mol. The van der Waals surface area contributed by atoms with Crippen LogP contribution in [0, 0.1) is 0 Å². The number of carbonyl (C=O) groups is 1. The minimum Gasteiger partial charge on any atom is -1.00 e. The second-order valence-electron chi connectivity index (χ2n) is 2.00. The maximum absolute atomic E-state index is 10.0. The average molecular weight is 178 g/mol. The summed E-state index contributed by atoms with van der Waals surface area (Å²) < 4.78 is 4.87. The van der Waals surface area contributed by atoms with Crippen LogP contribution in [0.4, 0.5) is 0 Å². The fourth-order valence-electron chi connectivity index (χ4n) is 0.662. The maximum Gasteiger partial charge on any atom is 2.00 e. The number of carboxylic acids is 1. The molecule has 3 nitrogen and oxygen atoms in total. The van der Waals surface area contributed by atoms with Crippen LogP contribution in [-0.4, -0.2) is 40.7 Å². The Hall–Kier alpha value is -0.744. The van der Waals surface area contributed by atoms with Gasteiger partial charge in [0.15, 0.2) is 6.61 Å². The fourth-order valence-corrected chi connectivity index (χ4v) is 0.662. The summed E-state index contributed by atoms with van der Waals surface area (Å²) in [6.07, 6.45) is 0. The number of hydrogen-bond donors (Lipinski definition) is 1. The molecular formula is C8H10MgO3. The molecule has 1 aromatic carbocycles. The van der Waals surface area contributed by atoms with Crippen molar-refractivity contribution in [3.8, 4) is 5.75 Å². The molecule has 0 fully saturated rings. The van der Waals surface area contributed by atoms with E-state index in [4.69, 9.17) is 9.84 Å². The van der Waals surface area contributed by atoms with Gasteiger partial charge >= 0.3 is 29.0 Å². The Morgan fingerprint density at radius 2 is 2.00 bits per heavy atom. The van der Waals surface area contributed by atoms with E-state index in [1.807, 2.05) is 6.07 Å². The number of ether oxygens (including phenoxy) is 1. The first-order chi connectivity index (χ1) is 5.29. The van der Waals surface area contributed by atoms with E-state index in [2.05, 4.69) is 0 Å². The molecule has 0 radical (unpaired) electrons. The molecule has 0 amide bonds. The van der Waals surface area contributed by atoms with Gasteiger partial charge in [0.1, 0.15) is 5.75 Å². The van der Waals surface area contributed by atoms with E-state index in [1.165, 1.54) is 0 Å². The van der Waals surface area contributed by atoms with Crippen molar-refractivity contribution in [1.29, 1.82) is 0 Å². The van der Waals surface area contributed by atoms with Crippen molar-refractivity contribution in [3.05, 3.63) is 30.3 Å². The third-order valence-electron chi connectivity index (χ3n) is 1.11. The Balaban J connectivity index is -0.000000403. The monoisotopic (exact) mass is 178 g/mol. The van der Waals surface area contributed by atoms with Crippen molar-refractivity contribution < 1.29 is 17.5 Å². The summed E-state index contributed by atoms with van der Waals surface area (Å²) in [5.74, 6) is -0.385. The number of aliphatic carboxylic acids is 1. The van der Waals surface area contributed by atoms with E-state index in [9.17, 15) is 4.79 Å². The number of rotatable bonds is 3. The zero-order valence-electron chi connectivity index (χ0n) is 8.56. The van der Waals surface area contributed by atoms with Crippen molar-refractivity contribution in [2.45, 2.75) is 0 Å². The zero-order chi connectivity index (χ0) is 8.10. The van der Waals surface area contributed by atoms with Crippen molar-refractivity contribution in [2.75, 3.05) is 6.61 Å². The Kier molecular flexibility index (Phi) is 5.49. The van der Waals surface area contributed by atoms with Crippen LogP contribution >= 0.6 is 0 Å². The molecule has 0 bridgehead atoms. The molecule has 0 aliphatic carbocycles. The molecule has 1 N–H and O–H groups in total. The molecule has 0 unspecified atom stereocenters. The SMILES string of the molecule is O=C(O)COc1ccccc1.[H-].[H-].[Mg+2]. The second kappa shape index (κ2) is 5.85. The molecule has 0 aliphatic rings. The van der Waals surface area contributed by atoms with Crippen molar-refractivity contribution in [1.82, 2.24) is 0 Å². The van der Waals surface area contributed by atoms with Gasteiger partial charge in [0, 0.05) is 0 Å². The van der Waals surface area contributed by atoms with Crippen LogP contribution in [0.2, 0.25) is 0 Å². The van der Waals surface area contributed by atoms with Gasteiger partial charge in [-0.1, -0.05) is 18.2 Å². The summed E-state index contributed by atoms with van der Waals surface area (Å²) in [4.78, 5) is 10.0. The van der Waals surface area contributed by atoms with Gasteiger partial charge in [-0.3, -0.25) is 0 Å². The zero-order valence-corrected chi connectivity index (χ0v) is 7.98. The molecule has 4 heteroatoms. The largest absolute Gasteiger partial charge is 2.00 e. The molecular weight excluding hydrogens is 168 g/mol. The van der Waals surface area contributed by atoms with Gasteiger partial charge in [-0.25, -0.2) is 4.79 Å². The Morgan fingerprint density at radius 1 is 1.42 bits per heavy atom. The quantitative estimate of drug-likeness (QED) is 0.703. The Labute approximate surface area is 89.5 Å². The molecule has 0 saturated heterocycles. The molecule has 12 heavy (non-hydrogen) atoms. The number of para-hydroxylation sites is 1. The van der Waals surface area contributed by atoms with Crippen LogP contribution in [0.3, 0.4) is 0 Å². The normalized spacial score (nSPS) is 8.33. The first-order valence-corrected chi connectivity index (χ1v) is 3.18. The smallest absolute Gasteiger partial charge is 1.00 e. The summed E-state index contributed by atoms with van der Waals surface area (Å²) in [7, 11) is 0. The van der Waals surface area contributed by atoms with E-state index in [0.29, 0.717) is 5.75 Å². The third-order valence-corrected chi connectivity index (χ3v) is 1.11. The van der Waals surface area contributed by atoms with E-state index in [0.717, 1.165) is 0 Å². The van der Waals surface area contributed by atoms with Gasteiger partial charge in [-0.15, -0.1) is 0 Å². The average Bonchev–Trinajstić information content (AvgIpc) is 2.03. The van der Waals surface area contributed by atoms with Gasteiger partial charge < -0.3 is 12.7 Å².